The zero-order chi connectivity index (χ0) is 21.7. The third kappa shape index (κ3) is 5.58. The molecule has 2 heterocycles. The van der Waals surface area contributed by atoms with E-state index < -0.39 is 10.1 Å². The van der Waals surface area contributed by atoms with Crippen LogP contribution in [0.5, 0.6) is 11.6 Å². The van der Waals surface area contributed by atoms with Gasteiger partial charge in [-0.3, -0.25) is 4.55 Å². The molecule has 8 nitrogen and oxygen atoms in total. The van der Waals surface area contributed by atoms with E-state index in [2.05, 4.69) is 9.97 Å². The Hall–Kier alpha value is -2.91. The smallest absolute Gasteiger partial charge is 0.264 e. The first-order valence-electron chi connectivity index (χ1n) is 9.46. The van der Waals surface area contributed by atoms with Crippen molar-refractivity contribution < 1.29 is 26.9 Å². The lowest BCUT2D eigenvalue weighted by Gasteiger charge is -2.07. The number of hydrogen-bond acceptors (Lipinski definition) is 7. The van der Waals surface area contributed by atoms with Crippen LogP contribution in [0.2, 0.25) is 0 Å². The van der Waals surface area contributed by atoms with Crippen LogP contribution in [0.1, 0.15) is 32.1 Å². The molecule has 0 saturated heterocycles. The Morgan fingerprint density at radius 2 is 1.80 bits per heavy atom. The molecule has 160 valence electrons. The van der Waals surface area contributed by atoms with Gasteiger partial charge < -0.3 is 13.9 Å². The highest BCUT2D eigenvalue weighted by Gasteiger charge is 2.19. The van der Waals surface area contributed by atoms with Crippen LogP contribution in [-0.2, 0) is 10.1 Å². The highest BCUT2D eigenvalue weighted by Crippen LogP contribution is 2.35. The molecule has 0 radical (unpaired) electrons. The summed E-state index contributed by atoms with van der Waals surface area (Å²) >= 11 is 0. The molecular weight excluding hydrogens is 408 g/mol. The Kier molecular flexibility index (Phi) is 6.73. The first-order chi connectivity index (χ1) is 14.3. The van der Waals surface area contributed by atoms with Crippen molar-refractivity contribution in [2.24, 2.45) is 0 Å². The van der Waals surface area contributed by atoms with E-state index in [1.54, 1.807) is 31.5 Å². The van der Waals surface area contributed by atoms with Gasteiger partial charge in [-0.05, 0) is 36.8 Å². The molecule has 0 unspecified atom stereocenters. The minimum Gasteiger partial charge on any atom is -0.494 e. The summed E-state index contributed by atoms with van der Waals surface area (Å²) in [6.45, 7) is 4.20. The summed E-state index contributed by atoms with van der Waals surface area (Å²) in [6, 6.07) is 10.9. The van der Waals surface area contributed by atoms with E-state index in [1.807, 2.05) is 32.0 Å². The first kappa shape index (κ1) is 21.8. The fourth-order valence-corrected chi connectivity index (χ4v) is 3.23. The van der Waals surface area contributed by atoms with Gasteiger partial charge in [-0.15, -0.1) is 0 Å². The lowest BCUT2D eigenvalue weighted by atomic mass is 10.1. The number of nitrogens with zero attached hydrogens (tertiary/aromatic N) is 2. The van der Waals surface area contributed by atoms with Crippen LogP contribution >= 0.6 is 0 Å². The molecule has 3 aromatic rings. The van der Waals surface area contributed by atoms with Crippen molar-refractivity contribution in [1.82, 2.24) is 9.97 Å². The molecule has 1 N–H and O–H groups in total. The molecule has 0 atom stereocenters. The van der Waals surface area contributed by atoms with Crippen molar-refractivity contribution in [2.75, 3.05) is 19.5 Å². The van der Waals surface area contributed by atoms with E-state index in [-0.39, 0.29) is 24.7 Å². The SMILES string of the molecule is COc1ccc(-c2nc(C(C)C)oc2-c2ccc(OCCCS(=O)(=O)O)cc2)cn1. The normalized spacial score (nSPS) is 11.6. The Morgan fingerprint density at radius 3 is 2.37 bits per heavy atom. The van der Waals surface area contributed by atoms with Crippen LogP contribution in [0.4, 0.5) is 0 Å². The van der Waals surface area contributed by atoms with E-state index in [9.17, 15) is 8.42 Å². The van der Waals surface area contributed by atoms with Crippen LogP contribution in [0.3, 0.4) is 0 Å². The molecule has 2 aromatic heterocycles. The molecule has 0 amide bonds. The molecule has 30 heavy (non-hydrogen) atoms. The van der Waals surface area contributed by atoms with E-state index in [4.69, 9.17) is 18.4 Å². The van der Waals surface area contributed by atoms with E-state index >= 15 is 0 Å². The van der Waals surface area contributed by atoms with Crippen LogP contribution in [0.25, 0.3) is 22.6 Å². The standard InChI is InChI=1S/C21H24N2O6S/c1-14(2)21-23-19(16-7-10-18(27-3)22-13-16)20(29-21)15-5-8-17(9-6-15)28-11-4-12-30(24,25)26/h5-10,13-14H,4,11-12H2,1-3H3,(H,24,25,26). The molecule has 9 heteroatoms. The van der Waals surface area contributed by atoms with Gasteiger partial charge in [0.15, 0.2) is 11.7 Å². The third-order valence-corrected chi connectivity index (χ3v) is 5.09. The Bertz CT molecular complexity index is 1070. The maximum absolute atomic E-state index is 10.8. The number of ether oxygens (including phenoxy) is 2. The Labute approximate surface area is 175 Å². The second-order valence-electron chi connectivity index (χ2n) is 6.99. The summed E-state index contributed by atoms with van der Waals surface area (Å²) < 4.78 is 47.0. The first-order valence-corrected chi connectivity index (χ1v) is 11.1. The largest absolute Gasteiger partial charge is 0.494 e. The maximum atomic E-state index is 10.8. The molecule has 1 aromatic carbocycles. The number of benzene rings is 1. The van der Waals surface area contributed by atoms with Gasteiger partial charge in [-0.1, -0.05) is 13.8 Å². The fourth-order valence-electron chi connectivity index (χ4n) is 2.75. The minimum absolute atomic E-state index is 0.120. The van der Waals surface area contributed by atoms with Gasteiger partial charge in [-0.25, -0.2) is 9.97 Å². The van der Waals surface area contributed by atoms with E-state index in [0.717, 1.165) is 11.1 Å². The van der Waals surface area contributed by atoms with Crippen molar-refractivity contribution in [2.45, 2.75) is 26.2 Å². The Balaban J connectivity index is 1.82. The average molecular weight is 432 g/mol. The number of oxazole rings is 1. The van der Waals surface area contributed by atoms with E-state index in [0.29, 0.717) is 29.0 Å². The van der Waals surface area contributed by atoms with Crippen LogP contribution < -0.4 is 9.47 Å². The van der Waals surface area contributed by atoms with Crippen molar-refractivity contribution >= 4 is 10.1 Å². The summed E-state index contributed by atoms with van der Waals surface area (Å²) in [5.74, 6) is 2.15. The summed E-state index contributed by atoms with van der Waals surface area (Å²) in [6.07, 6.45) is 1.89. The highest BCUT2D eigenvalue weighted by atomic mass is 32.2. The van der Waals surface area contributed by atoms with Gasteiger partial charge in [0.05, 0.1) is 19.5 Å². The molecule has 0 fully saturated rings. The minimum atomic E-state index is -3.97. The summed E-state index contributed by atoms with van der Waals surface area (Å²) in [5.41, 5.74) is 2.33. The number of aromatic nitrogens is 2. The van der Waals surface area contributed by atoms with Gasteiger partial charge in [0.2, 0.25) is 5.88 Å². The van der Waals surface area contributed by atoms with Crippen LogP contribution in [0, 0.1) is 0 Å². The van der Waals surface area contributed by atoms with Crippen LogP contribution in [-0.4, -0.2) is 42.4 Å². The highest BCUT2D eigenvalue weighted by molar-refractivity contribution is 7.85. The quantitative estimate of drug-likeness (QED) is 0.396. The molecule has 0 saturated carbocycles. The third-order valence-electron chi connectivity index (χ3n) is 4.29. The number of rotatable bonds is 9. The van der Waals surface area contributed by atoms with Crippen molar-refractivity contribution in [3.63, 3.8) is 0 Å². The van der Waals surface area contributed by atoms with Crippen molar-refractivity contribution in [3.05, 3.63) is 48.5 Å². The molecule has 3 rings (SSSR count). The monoisotopic (exact) mass is 432 g/mol. The topological polar surface area (TPSA) is 112 Å². The molecule has 0 bridgehead atoms. The van der Waals surface area contributed by atoms with Gasteiger partial charge in [0.1, 0.15) is 11.4 Å². The second-order valence-corrected chi connectivity index (χ2v) is 8.56. The van der Waals surface area contributed by atoms with Crippen molar-refractivity contribution in [3.8, 4) is 34.2 Å². The predicted molar refractivity (Wildman–Crippen MR) is 112 cm³/mol. The molecular formula is C21H24N2O6S. The summed E-state index contributed by atoms with van der Waals surface area (Å²) in [5, 5.41) is 0. The summed E-state index contributed by atoms with van der Waals surface area (Å²) in [4.78, 5) is 8.91. The zero-order valence-corrected chi connectivity index (χ0v) is 17.8. The molecule has 0 aliphatic rings. The number of hydrogen-bond donors (Lipinski definition) is 1. The number of methoxy groups -OCH3 is 1. The zero-order valence-electron chi connectivity index (χ0n) is 17.0. The molecule has 0 aliphatic heterocycles. The van der Waals surface area contributed by atoms with Gasteiger partial charge in [-0.2, -0.15) is 8.42 Å². The maximum Gasteiger partial charge on any atom is 0.264 e. The molecule has 0 aliphatic carbocycles. The summed E-state index contributed by atoms with van der Waals surface area (Å²) in [7, 11) is -2.41. The van der Waals surface area contributed by atoms with Gasteiger partial charge in [0, 0.05) is 29.3 Å². The Morgan fingerprint density at radius 1 is 1.10 bits per heavy atom. The van der Waals surface area contributed by atoms with Gasteiger partial charge >= 0.3 is 0 Å². The number of pyridine rings is 1. The lowest BCUT2D eigenvalue weighted by Crippen LogP contribution is -2.08. The lowest BCUT2D eigenvalue weighted by molar-refractivity contribution is 0.316. The van der Waals surface area contributed by atoms with E-state index in [1.165, 1.54) is 0 Å². The second kappa shape index (κ2) is 9.27. The molecule has 0 spiro atoms. The predicted octanol–water partition coefficient (Wildman–Crippen LogP) is 4.19. The average Bonchev–Trinajstić information content (AvgIpc) is 3.17. The van der Waals surface area contributed by atoms with Crippen LogP contribution in [0.15, 0.2) is 47.0 Å². The van der Waals surface area contributed by atoms with Crippen molar-refractivity contribution in [1.29, 1.82) is 0 Å². The van der Waals surface area contributed by atoms with Gasteiger partial charge in [0.25, 0.3) is 10.1 Å². The fraction of sp³-hybridized carbons (Fsp3) is 0.333.